The first-order valence-electron chi connectivity index (χ1n) is 7.21. The van der Waals surface area contributed by atoms with Crippen LogP contribution in [-0.2, 0) is 9.84 Å². The highest BCUT2D eigenvalue weighted by Crippen LogP contribution is 2.38. The molecule has 2 aromatic rings. The number of carbonyl (C=O) groups excluding carboxylic acids is 1. The molecule has 0 aliphatic carbocycles. The van der Waals surface area contributed by atoms with E-state index in [2.05, 4.69) is 0 Å². The Morgan fingerprint density at radius 3 is 2.25 bits per heavy atom. The fraction of sp³-hybridized carbons (Fsp3) is 0.235. The van der Waals surface area contributed by atoms with Gasteiger partial charge in [-0.25, -0.2) is 8.42 Å². The quantitative estimate of drug-likeness (QED) is 0.767. The summed E-state index contributed by atoms with van der Waals surface area (Å²) in [6, 6.07) is 12.5. The predicted octanol–water partition coefficient (Wildman–Crippen LogP) is 3.78. The first kappa shape index (κ1) is 20.5. The van der Waals surface area contributed by atoms with Gasteiger partial charge in [0.2, 0.25) is 5.91 Å². The number of amides is 1. The normalized spacial score (nSPS) is 10.9. The van der Waals surface area contributed by atoms with E-state index in [0.29, 0.717) is 16.2 Å². The van der Waals surface area contributed by atoms with Gasteiger partial charge < -0.3 is 5.73 Å². The van der Waals surface area contributed by atoms with Gasteiger partial charge in [0.05, 0.1) is 10.5 Å². The van der Waals surface area contributed by atoms with Crippen molar-refractivity contribution < 1.29 is 13.2 Å². The van der Waals surface area contributed by atoms with Crippen LogP contribution in [-0.4, -0.2) is 26.3 Å². The van der Waals surface area contributed by atoms with E-state index in [1.165, 1.54) is 11.8 Å². The summed E-state index contributed by atoms with van der Waals surface area (Å²) in [5.74, 6) is 0.0919. The van der Waals surface area contributed by atoms with Crippen LogP contribution in [0.1, 0.15) is 23.7 Å². The van der Waals surface area contributed by atoms with Crippen molar-refractivity contribution in [3.05, 3.63) is 48.0 Å². The van der Waals surface area contributed by atoms with Crippen molar-refractivity contribution >= 4 is 39.9 Å². The lowest BCUT2D eigenvalue weighted by Crippen LogP contribution is -2.15. The Hall–Kier alpha value is -1.50. The number of hydrogen-bond donors (Lipinski definition) is 1. The largest absolute Gasteiger partial charge is 0.366 e. The number of benzene rings is 2. The summed E-state index contributed by atoms with van der Waals surface area (Å²) < 4.78 is 24.8. The molecule has 7 heteroatoms. The molecule has 1 amide bonds. The lowest BCUT2D eigenvalue weighted by Gasteiger charge is -2.16. The third kappa shape index (κ3) is 4.53. The molecule has 130 valence electrons. The number of carbonyl (C=O) groups is 1. The number of rotatable bonds is 6. The average Bonchev–Trinajstić information content (AvgIpc) is 2.51. The maximum absolute atomic E-state index is 12.4. The van der Waals surface area contributed by atoms with E-state index < -0.39 is 15.7 Å². The molecule has 4 nitrogen and oxygen atoms in total. The van der Waals surface area contributed by atoms with E-state index in [4.69, 9.17) is 5.73 Å². The molecule has 0 fully saturated rings. The molecule has 2 rings (SSSR count). The summed E-state index contributed by atoms with van der Waals surface area (Å²) in [4.78, 5) is 12.4. The lowest BCUT2D eigenvalue weighted by molar-refractivity contribution is 0.0997. The minimum Gasteiger partial charge on any atom is -0.366 e. The smallest absolute Gasteiger partial charge is 0.249 e. The fourth-order valence-corrected chi connectivity index (χ4v) is 4.95. The molecular weight excluding hydrogens is 366 g/mol. The maximum atomic E-state index is 12.4. The molecule has 0 bridgehead atoms. The zero-order valence-corrected chi connectivity index (χ0v) is 15.9. The summed E-state index contributed by atoms with van der Waals surface area (Å²) in [6.45, 7) is 2.00. The van der Waals surface area contributed by atoms with Gasteiger partial charge in [0.1, 0.15) is 0 Å². The van der Waals surface area contributed by atoms with Crippen LogP contribution in [0.3, 0.4) is 0 Å². The highest BCUT2D eigenvalue weighted by Gasteiger charge is 2.24. The van der Waals surface area contributed by atoms with Crippen LogP contribution < -0.4 is 5.73 Å². The second-order valence-electron chi connectivity index (χ2n) is 5.17. The Bertz CT molecular complexity index is 821. The van der Waals surface area contributed by atoms with Crippen LogP contribution in [0.25, 0.3) is 11.1 Å². The number of thioether (sulfide) groups is 1. The van der Waals surface area contributed by atoms with E-state index in [9.17, 15) is 13.2 Å². The third-order valence-electron chi connectivity index (χ3n) is 3.28. The minimum atomic E-state index is -3.53. The Kier molecular flexibility index (Phi) is 7.32. The molecule has 0 radical (unpaired) electrons. The van der Waals surface area contributed by atoms with Crippen LogP contribution in [0.5, 0.6) is 0 Å². The molecule has 2 aromatic carbocycles. The first-order chi connectivity index (χ1) is 10.9. The van der Waals surface area contributed by atoms with Crippen molar-refractivity contribution in [1.82, 2.24) is 0 Å². The lowest BCUT2D eigenvalue weighted by atomic mass is 10.0. The molecule has 0 aromatic heterocycles. The first-order valence-corrected chi connectivity index (χ1v) is 10.1. The second kappa shape index (κ2) is 8.55. The van der Waals surface area contributed by atoms with Gasteiger partial charge in [-0.3, -0.25) is 4.79 Å². The molecule has 0 aliphatic rings. The zero-order valence-electron chi connectivity index (χ0n) is 13.5. The highest BCUT2D eigenvalue weighted by atomic mass is 35.5. The highest BCUT2D eigenvalue weighted by molar-refractivity contribution is 8.00. The van der Waals surface area contributed by atoms with Crippen LogP contribution >= 0.6 is 24.2 Å². The Labute approximate surface area is 153 Å². The van der Waals surface area contributed by atoms with Crippen molar-refractivity contribution in [3.63, 3.8) is 0 Å². The summed E-state index contributed by atoms with van der Waals surface area (Å²) >= 11 is 1.36. The van der Waals surface area contributed by atoms with Crippen molar-refractivity contribution in [1.29, 1.82) is 0 Å². The van der Waals surface area contributed by atoms with Gasteiger partial charge in [-0.15, -0.1) is 24.2 Å². The van der Waals surface area contributed by atoms with E-state index in [-0.39, 0.29) is 22.9 Å². The predicted molar refractivity (Wildman–Crippen MR) is 102 cm³/mol. The summed E-state index contributed by atoms with van der Waals surface area (Å²) in [5, 5.41) is 0. The van der Waals surface area contributed by atoms with Gasteiger partial charge in [-0.2, -0.15) is 0 Å². The van der Waals surface area contributed by atoms with Crippen LogP contribution in [0, 0.1) is 0 Å². The Morgan fingerprint density at radius 2 is 1.75 bits per heavy atom. The minimum absolute atomic E-state index is 0. The van der Waals surface area contributed by atoms with Gasteiger partial charge in [0, 0.05) is 16.7 Å². The molecule has 0 saturated heterocycles. The van der Waals surface area contributed by atoms with Crippen LogP contribution in [0.15, 0.2) is 52.3 Å². The molecule has 0 unspecified atom stereocenters. The summed E-state index contributed by atoms with van der Waals surface area (Å²) in [5.41, 5.74) is 7.08. The molecule has 24 heavy (non-hydrogen) atoms. The van der Waals surface area contributed by atoms with E-state index in [1.54, 1.807) is 12.1 Å². The second-order valence-corrected chi connectivity index (χ2v) is 8.23. The Balaban J connectivity index is 0.00000288. The topological polar surface area (TPSA) is 77.2 Å². The Morgan fingerprint density at radius 1 is 1.12 bits per heavy atom. The zero-order chi connectivity index (χ0) is 17.0. The number of sulfone groups is 1. The van der Waals surface area contributed by atoms with Gasteiger partial charge in [-0.05, 0) is 23.8 Å². The SMILES string of the molecule is CCCSc1c(C(N)=O)ccc(-c2ccccc2)c1S(C)(=O)=O.Cl. The van der Waals surface area contributed by atoms with Gasteiger partial charge in [0.25, 0.3) is 0 Å². The van der Waals surface area contributed by atoms with Crippen LogP contribution in [0.4, 0.5) is 0 Å². The summed E-state index contributed by atoms with van der Waals surface area (Å²) in [6.07, 6.45) is 2.02. The van der Waals surface area contributed by atoms with Gasteiger partial charge in [0.15, 0.2) is 9.84 Å². The molecule has 0 aliphatic heterocycles. The monoisotopic (exact) mass is 385 g/mol. The average molecular weight is 386 g/mol. The number of primary amides is 1. The maximum Gasteiger partial charge on any atom is 0.249 e. The number of nitrogens with two attached hydrogens (primary N) is 1. The third-order valence-corrected chi connectivity index (χ3v) is 5.90. The molecule has 0 saturated carbocycles. The van der Waals surface area contributed by atoms with Crippen molar-refractivity contribution in [2.45, 2.75) is 23.1 Å². The molecule has 0 heterocycles. The molecule has 0 spiro atoms. The van der Waals surface area contributed by atoms with Gasteiger partial charge in [-0.1, -0.05) is 43.3 Å². The number of halogens is 1. The molecule has 0 atom stereocenters. The standard InChI is InChI=1S/C17H19NO3S2.ClH/c1-3-11-22-15-14(17(18)19)10-9-13(16(15)23(2,20)21)12-7-5-4-6-8-12;/h4-10H,3,11H2,1-2H3,(H2,18,19);1H. The van der Waals surface area contributed by atoms with Crippen LogP contribution in [0.2, 0.25) is 0 Å². The number of hydrogen-bond acceptors (Lipinski definition) is 4. The van der Waals surface area contributed by atoms with E-state index in [0.717, 1.165) is 18.2 Å². The van der Waals surface area contributed by atoms with E-state index >= 15 is 0 Å². The van der Waals surface area contributed by atoms with Crippen molar-refractivity contribution in [2.24, 2.45) is 5.73 Å². The van der Waals surface area contributed by atoms with E-state index in [1.807, 2.05) is 37.3 Å². The summed E-state index contributed by atoms with van der Waals surface area (Å²) in [7, 11) is -3.53. The fourth-order valence-electron chi connectivity index (χ4n) is 2.32. The van der Waals surface area contributed by atoms with Gasteiger partial charge >= 0.3 is 0 Å². The molecule has 2 N–H and O–H groups in total. The van der Waals surface area contributed by atoms with Crippen molar-refractivity contribution in [2.75, 3.05) is 12.0 Å². The molecular formula is C17H20ClNO3S2. The van der Waals surface area contributed by atoms with Crippen molar-refractivity contribution in [3.8, 4) is 11.1 Å².